The van der Waals surface area contributed by atoms with Gasteiger partial charge in [0, 0.05) is 11.6 Å². The Morgan fingerprint density at radius 2 is 1.97 bits per heavy atom. The molecule has 0 saturated heterocycles. The molecular weight excluding hydrogens is 484 g/mol. The van der Waals surface area contributed by atoms with E-state index in [0.717, 1.165) is 5.56 Å². The fourth-order valence-electron chi connectivity index (χ4n) is 4.28. The van der Waals surface area contributed by atoms with Crippen molar-refractivity contribution in [1.29, 1.82) is 0 Å². The Balaban J connectivity index is 1.72. The van der Waals surface area contributed by atoms with Crippen LogP contribution >= 0.6 is 11.3 Å². The van der Waals surface area contributed by atoms with Gasteiger partial charge >= 0.3 is 5.97 Å². The third-order valence-corrected chi connectivity index (χ3v) is 6.93. The molecule has 186 valence electrons. The summed E-state index contributed by atoms with van der Waals surface area (Å²) in [5.41, 5.74) is 1.87. The highest BCUT2D eigenvalue weighted by molar-refractivity contribution is 7.07. The molecule has 2 aromatic carbocycles. The van der Waals surface area contributed by atoms with Crippen LogP contribution in [0.1, 0.15) is 31.0 Å². The lowest BCUT2D eigenvalue weighted by Gasteiger charge is -2.26. The Hall–Kier alpha value is -4.05. The van der Waals surface area contributed by atoms with E-state index in [9.17, 15) is 9.59 Å². The second-order valence-corrected chi connectivity index (χ2v) is 9.03. The molecule has 0 saturated carbocycles. The molecule has 9 nitrogen and oxygen atoms in total. The molecule has 36 heavy (non-hydrogen) atoms. The van der Waals surface area contributed by atoms with Crippen molar-refractivity contribution in [1.82, 2.24) is 4.57 Å². The quantitative estimate of drug-likeness (QED) is 0.472. The molecule has 1 atom stereocenters. The van der Waals surface area contributed by atoms with Crippen LogP contribution in [-0.2, 0) is 9.53 Å². The fourth-order valence-corrected chi connectivity index (χ4v) is 5.33. The first-order valence-corrected chi connectivity index (χ1v) is 12.1. The van der Waals surface area contributed by atoms with Crippen molar-refractivity contribution in [3.05, 3.63) is 78.5 Å². The smallest absolute Gasteiger partial charge is 0.338 e. The molecule has 0 aliphatic carbocycles. The summed E-state index contributed by atoms with van der Waals surface area (Å²) in [6.45, 7) is 3.83. The van der Waals surface area contributed by atoms with Crippen molar-refractivity contribution < 1.29 is 28.5 Å². The third-order valence-electron chi connectivity index (χ3n) is 5.95. The van der Waals surface area contributed by atoms with Gasteiger partial charge < -0.3 is 23.7 Å². The van der Waals surface area contributed by atoms with Crippen LogP contribution in [0.3, 0.4) is 0 Å². The Labute approximate surface area is 210 Å². The van der Waals surface area contributed by atoms with Gasteiger partial charge in [0.05, 0.1) is 36.6 Å². The Morgan fingerprint density at radius 1 is 1.17 bits per heavy atom. The summed E-state index contributed by atoms with van der Waals surface area (Å²) in [7, 11) is 3.09. The van der Waals surface area contributed by atoms with E-state index >= 15 is 0 Å². The highest BCUT2D eigenvalue weighted by Crippen LogP contribution is 2.37. The van der Waals surface area contributed by atoms with Gasteiger partial charge in [-0.1, -0.05) is 17.4 Å². The summed E-state index contributed by atoms with van der Waals surface area (Å²) in [5, 5.41) is 0. The lowest BCUT2D eigenvalue weighted by molar-refractivity contribution is -0.139. The summed E-state index contributed by atoms with van der Waals surface area (Å²) in [6, 6.07) is 9.95. The number of allylic oxidation sites excluding steroid dienone is 1. The van der Waals surface area contributed by atoms with Crippen LogP contribution in [0, 0.1) is 0 Å². The Kier molecular flexibility index (Phi) is 6.27. The minimum Gasteiger partial charge on any atom is -0.497 e. The van der Waals surface area contributed by atoms with E-state index < -0.39 is 12.0 Å². The van der Waals surface area contributed by atoms with Crippen molar-refractivity contribution in [2.45, 2.75) is 19.9 Å². The molecule has 0 radical (unpaired) electrons. The molecule has 5 rings (SSSR count). The van der Waals surface area contributed by atoms with Crippen LogP contribution in [-0.4, -0.2) is 38.2 Å². The lowest BCUT2D eigenvalue weighted by Crippen LogP contribution is -2.40. The standard InChI is InChI=1S/C26H24N2O7S/c1-5-33-25(30)22-14(2)27-26-28(23(22)17-8-7-16(31-3)12-19(17)32-4)24(29)21(36-26)11-15-6-9-18-20(10-15)35-13-34-18/h6-12,23H,5,13H2,1-4H3/b21-11+/t23-/m1/s1. The first kappa shape index (κ1) is 23.7. The molecule has 0 N–H and O–H groups in total. The highest BCUT2D eigenvalue weighted by atomic mass is 32.1. The second kappa shape index (κ2) is 9.54. The van der Waals surface area contributed by atoms with E-state index in [1.54, 1.807) is 51.3 Å². The molecule has 3 aromatic rings. The van der Waals surface area contributed by atoms with Crippen LogP contribution in [0.25, 0.3) is 6.08 Å². The van der Waals surface area contributed by atoms with E-state index in [2.05, 4.69) is 4.99 Å². The number of carbonyl (C=O) groups is 1. The SMILES string of the molecule is CCOC(=O)C1=C(C)N=c2s/c(=C/c3ccc4c(c3)OCO4)c(=O)n2[C@@H]1c1ccc(OC)cc1OC. The number of thiazole rings is 1. The van der Waals surface area contributed by atoms with Gasteiger partial charge in [-0.05, 0) is 49.8 Å². The van der Waals surface area contributed by atoms with Gasteiger partial charge in [-0.3, -0.25) is 9.36 Å². The molecule has 1 aromatic heterocycles. The number of esters is 1. The topological polar surface area (TPSA) is 97.6 Å². The Bertz CT molecular complexity index is 1570. The van der Waals surface area contributed by atoms with Crippen LogP contribution in [0.15, 0.2) is 57.5 Å². The highest BCUT2D eigenvalue weighted by Gasteiger charge is 2.35. The van der Waals surface area contributed by atoms with Gasteiger partial charge in [0.15, 0.2) is 16.3 Å². The Morgan fingerprint density at radius 3 is 2.72 bits per heavy atom. The molecular formula is C26H24N2O7S. The van der Waals surface area contributed by atoms with Crippen molar-refractivity contribution >= 4 is 23.4 Å². The average Bonchev–Trinajstić information content (AvgIpc) is 3.46. The number of nitrogens with zero attached hydrogens (tertiary/aromatic N) is 2. The predicted octanol–water partition coefficient (Wildman–Crippen LogP) is 2.54. The first-order chi connectivity index (χ1) is 17.4. The predicted molar refractivity (Wildman–Crippen MR) is 133 cm³/mol. The number of carbonyl (C=O) groups excluding carboxylic acids is 1. The molecule has 0 spiro atoms. The molecule has 0 unspecified atom stereocenters. The number of methoxy groups -OCH3 is 2. The molecule has 0 fully saturated rings. The normalized spacial score (nSPS) is 16.4. The molecule has 2 aliphatic rings. The summed E-state index contributed by atoms with van der Waals surface area (Å²) in [4.78, 5) is 31.9. The zero-order valence-corrected chi connectivity index (χ0v) is 21.0. The third kappa shape index (κ3) is 4.03. The molecule has 2 aliphatic heterocycles. The summed E-state index contributed by atoms with van der Waals surface area (Å²) >= 11 is 1.24. The van der Waals surface area contributed by atoms with Crippen molar-refractivity contribution in [3.8, 4) is 23.0 Å². The monoisotopic (exact) mass is 508 g/mol. The second-order valence-electron chi connectivity index (χ2n) is 8.02. The fraction of sp³-hybridized carbons (Fsp3) is 0.269. The van der Waals surface area contributed by atoms with Crippen molar-refractivity contribution in [3.63, 3.8) is 0 Å². The minimum absolute atomic E-state index is 0.167. The van der Waals surface area contributed by atoms with Crippen LogP contribution in [0.5, 0.6) is 23.0 Å². The molecule has 0 amide bonds. The zero-order valence-electron chi connectivity index (χ0n) is 20.2. The van der Waals surface area contributed by atoms with E-state index in [1.165, 1.54) is 23.0 Å². The number of rotatable bonds is 6. The zero-order chi connectivity index (χ0) is 25.4. The lowest BCUT2D eigenvalue weighted by atomic mass is 9.95. The van der Waals surface area contributed by atoms with Gasteiger partial charge in [-0.25, -0.2) is 9.79 Å². The van der Waals surface area contributed by atoms with Crippen LogP contribution < -0.4 is 33.8 Å². The molecule has 3 heterocycles. The number of ether oxygens (including phenoxy) is 5. The first-order valence-electron chi connectivity index (χ1n) is 11.3. The van der Waals surface area contributed by atoms with Gasteiger partial charge in [0.25, 0.3) is 5.56 Å². The number of hydrogen-bond donors (Lipinski definition) is 0. The maximum absolute atomic E-state index is 13.8. The van der Waals surface area contributed by atoms with E-state index in [0.29, 0.717) is 43.6 Å². The molecule has 10 heteroatoms. The van der Waals surface area contributed by atoms with E-state index in [-0.39, 0.29) is 24.5 Å². The largest absolute Gasteiger partial charge is 0.497 e. The van der Waals surface area contributed by atoms with E-state index in [1.807, 2.05) is 12.1 Å². The molecule has 0 bridgehead atoms. The van der Waals surface area contributed by atoms with Gasteiger partial charge in [0.2, 0.25) is 6.79 Å². The van der Waals surface area contributed by atoms with Crippen LogP contribution in [0.2, 0.25) is 0 Å². The minimum atomic E-state index is -0.792. The van der Waals surface area contributed by atoms with Crippen LogP contribution in [0.4, 0.5) is 0 Å². The maximum atomic E-state index is 13.8. The van der Waals surface area contributed by atoms with Crippen molar-refractivity contribution in [2.24, 2.45) is 4.99 Å². The van der Waals surface area contributed by atoms with E-state index in [4.69, 9.17) is 23.7 Å². The summed E-state index contributed by atoms with van der Waals surface area (Å²) in [5.74, 6) is 1.81. The number of hydrogen-bond acceptors (Lipinski definition) is 9. The van der Waals surface area contributed by atoms with Gasteiger partial charge in [-0.15, -0.1) is 0 Å². The summed E-state index contributed by atoms with van der Waals surface area (Å²) in [6.07, 6.45) is 1.78. The van der Waals surface area contributed by atoms with Gasteiger partial charge in [-0.2, -0.15) is 0 Å². The van der Waals surface area contributed by atoms with Crippen molar-refractivity contribution in [2.75, 3.05) is 27.6 Å². The average molecular weight is 509 g/mol. The van der Waals surface area contributed by atoms with Gasteiger partial charge in [0.1, 0.15) is 17.5 Å². The number of fused-ring (bicyclic) bond motifs is 2. The summed E-state index contributed by atoms with van der Waals surface area (Å²) < 4.78 is 29.1. The number of aromatic nitrogens is 1. The number of benzene rings is 2. The maximum Gasteiger partial charge on any atom is 0.338 e.